The largest absolute Gasteiger partial charge is 0.497 e. The summed E-state index contributed by atoms with van der Waals surface area (Å²) in [6.45, 7) is 7.46. The van der Waals surface area contributed by atoms with Crippen molar-refractivity contribution in [2.45, 2.75) is 39.5 Å². The number of methoxy groups -OCH3 is 1. The zero-order chi connectivity index (χ0) is 23.0. The lowest BCUT2D eigenvalue weighted by Crippen LogP contribution is -2.32. The molecule has 31 heavy (non-hydrogen) atoms. The fourth-order valence-corrected chi connectivity index (χ4v) is 3.06. The van der Waals surface area contributed by atoms with Gasteiger partial charge in [0, 0.05) is 11.3 Å². The lowest BCUT2D eigenvalue weighted by Gasteiger charge is -2.20. The van der Waals surface area contributed by atoms with E-state index in [9.17, 15) is 14.4 Å². The summed E-state index contributed by atoms with van der Waals surface area (Å²) in [5.41, 5.74) is 3.20. The topological polar surface area (TPSA) is 93.7 Å². The Morgan fingerprint density at radius 1 is 0.903 bits per heavy atom. The summed E-state index contributed by atoms with van der Waals surface area (Å²) in [7, 11) is 1.53. The van der Waals surface area contributed by atoms with Crippen molar-refractivity contribution < 1.29 is 23.9 Å². The van der Waals surface area contributed by atoms with Crippen LogP contribution in [0.2, 0.25) is 0 Å². The number of para-hydroxylation sites is 1. The first-order valence-electron chi connectivity index (χ1n) is 10.2. The second kappa shape index (κ2) is 11.2. The van der Waals surface area contributed by atoms with Gasteiger partial charge in [-0.1, -0.05) is 45.9 Å². The van der Waals surface area contributed by atoms with Crippen molar-refractivity contribution in [2.75, 3.05) is 25.6 Å². The molecule has 2 aromatic rings. The number of nitrogens with one attached hydrogen (secondary N) is 2. The monoisotopic (exact) mass is 426 g/mol. The molecule has 0 fully saturated rings. The SMILES string of the molecule is COc1ccc(C(=O)NCC(=O)OCC(=O)Nc2c(C(C)C)cccc2C(C)C)cc1. The van der Waals surface area contributed by atoms with Gasteiger partial charge in [-0.15, -0.1) is 0 Å². The van der Waals surface area contributed by atoms with Crippen molar-refractivity contribution in [3.05, 3.63) is 59.2 Å². The molecule has 0 saturated heterocycles. The number of hydrogen-bond donors (Lipinski definition) is 2. The maximum atomic E-state index is 12.4. The first-order valence-corrected chi connectivity index (χ1v) is 10.2. The maximum absolute atomic E-state index is 12.4. The molecule has 2 N–H and O–H groups in total. The number of hydrogen-bond acceptors (Lipinski definition) is 5. The summed E-state index contributed by atoms with van der Waals surface area (Å²) in [5.74, 6) is -0.462. The lowest BCUT2D eigenvalue weighted by atomic mass is 9.92. The molecule has 7 nitrogen and oxygen atoms in total. The summed E-state index contributed by atoms with van der Waals surface area (Å²) >= 11 is 0. The highest BCUT2D eigenvalue weighted by Crippen LogP contribution is 2.32. The van der Waals surface area contributed by atoms with E-state index in [-0.39, 0.29) is 18.4 Å². The molecule has 2 aromatic carbocycles. The minimum absolute atomic E-state index is 0.227. The zero-order valence-corrected chi connectivity index (χ0v) is 18.7. The zero-order valence-electron chi connectivity index (χ0n) is 18.7. The number of benzene rings is 2. The third kappa shape index (κ3) is 6.84. The Labute approximate surface area is 183 Å². The van der Waals surface area contributed by atoms with Crippen LogP contribution in [0, 0.1) is 0 Å². The van der Waals surface area contributed by atoms with Gasteiger partial charge in [0.1, 0.15) is 12.3 Å². The van der Waals surface area contributed by atoms with Crippen LogP contribution in [-0.4, -0.2) is 38.0 Å². The van der Waals surface area contributed by atoms with E-state index in [1.54, 1.807) is 24.3 Å². The molecule has 2 rings (SSSR count). The van der Waals surface area contributed by atoms with Crippen molar-refractivity contribution in [1.29, 1.82) is 0 Å². The lowest BCUT2D eigenvalue weighted by molar-refractivity contribution is -0.146. The highest BCUT2D eigenvalue weighted by Gasteiger charge is 2.17. The van der Waals surface area contributed by atoms with Gasteiger partial charge in [-0.05, 0) is 47.2 Å². The van der Waals surface area contributed by atoms with Crippen molar-refractivity contribution in [2.24, 2.45) is 0 Å². The van der Waals surface area contributed by atoms with Crippen molar-refractivity contribution in [3.63, 3.8) is 0 Å². The molecule has 0 unspecified atom stereocenters. The van der Waals surface area contributed by atoms with Gasteiger partial charge in [-0.3, -0.25) is 14.4 Å². The molecule has 7 heteroatoms. The Morgan fingerprint density at radius 2 is 1.48 bits per heavy atom. The molecule has 0 aromatic heterocycles. The van der Waals surface area contributed by atoms with Crippen LogP contribution < -0.4 is 15.4 Å². The third-order valence-corrected chi connectivity index (χ3v) is 4.75. The van der Waals surface area contributed by atoms with Gasteiger partial charge in [0.05, 0.1) is 7.11 Å². The minimum Gasteiger partial charge on any atom is -0.497 e. The summed E-state index contributed by atoms with van der Waals surface area (Å²) < 4.78 is 10.1. The molecular weight excluding hydrogens is 396 g/mol. The number of anilines is 1. The highest BCUT2D eigenvalue weighted by molar-refractivity contribution is 5.97. The van der Waals surface area contributed by atoms with Crippen LogP contribution in [0.25, 0.3) is 0 Å². The normalized spacial score (nSPS) is 10.7. The Hall–Kier alpha value is -3.35. The number of amides is 2. The average molecular weight is 427 g/mol. The van der Waals surface area contributed by atoms with Crippen LogP contribution in [0.15, 0.2) is 42.5 Å². The van der Waals surface area contributed by atoms with Gasteiger partial charge in [-0.2, -0.15) is 0 Å². The van der Waals surface area contributed by atoms with E-state index < -0.39 is 24.4 Å². The Bertz CT molecular complexity index is 894. The van der Waals surface area contributed by atoms with Crippen LogP contribution in [-0.2, 0) is 14.3 Å². The number of carbonyl (C=O) groups is 3. The van der Waals surface area contributed by atoms with Gasteiger partial charge >= 0.3 is 5.97 Å². The molecule has 166 valence electrons. The summed E-state index contributed by atoms with van der Waals surface area (Å²) in [5, 5.41) is 5.36. The predicted molar refractivity (Wildman–Crippen MR) is 120 cm³/mol. The Morgan fingerprint density at radius 3 is 2.00 bits per heavy atom. The van der Waals surface area contributed by atoms with Crippen molar-refractivity contribution in [1.82, 2.24) is 5.32 Å². The van der Waals surface area contributed by atoms with Gasteiger partial charge < -0.3 is 20.1 Å². The van der Waals surface area contributed by atoms with Crippen molar-refractivity contribution >= 4 is 23.5 Å². The van der Waals surface area contributed by atoms with Crippen LogP contribution in [0.4, 0.5) is 5.69 Å². The molecule has 0 spiro atoms. The smallest absolute Gasteiger partial charge is 0.325 e. The van der Waals surface area contributed by atoms with E-state index >= 15 is 0 Å². The fraction of sp³-hybridized carbons (Fsp3) is 0.375. The van der Waals surface area contributed by atoms with E-state index in [4.69, 9.17) is 9.47 Å². The van der Waals surface area contributed by atoms with Crippen LogP contribution in [0.5, 0.6) is 5.75 Å². The van der Waals surface area contributed by atoms with E-state index in [2.05, 4.69) is 38.3 Å². The van der Waals surface area contributed by atoms with E-state index in [0.717, 1.165) is 16.8 Å². The van der Waals surface area contributed by atoms with E-state index in [0.29, 0.717) is 11.3 Å². The average Bonchev–Trinajstić information content (AvgIpc) is 2.75. The summed E-state index contributed by atoms with van der Waals surface area (Å²) in [4.78, 5) is 36.4. The molecule has 0 bridgehead atoms. The number of carbonyl (C=O) groups excluding carboxylic acids is 3. The molecule has 0 aliphatic carbocycles. The molecule has 2 amide bonds. The molecule has 0 atom stereocenters. The van der Waals surface area contributed by atoms with Gasteiger partial charge in [0.15, 0.2) is 6.61 Å². The van der Waals surface area contributed by atoms with E-state index in [1.165, 1.54) is 7.11 Å². The second-order valence-corrected chi connectivity index (χ2v) is 7.74. The Balaban J connectivity index is 1.88. The van der Waals surface area contributed by atoms with Gasteiger partial charge in [0.25, 0.3) is 11.8 Å². The number of ether oxygens (including phenoxy) is 2. The van der Waals surface area contributed by atoms with Gasteiger partial charge in [0.2, 0.25) is 0 Å². The minimum atomic E-state index is -0.696. The standard InChI is InChI=1S/C24H30N2O5/c1-15(2)19-7-6-8-20(16(3)4)23(19)26-21(27)14-31-22(28)13-25-24(29)17-9-11-18(30-5)12-10-17/h6-12,15-16H,13-14H2,1-5H3,(H,25,29)(H,26,27). The molecule has 0 heterocycles. The fourth-order valence-electron chi connectivity index (χ4n) is 3.06. The first kappa shape index (κ1) is 23.9. The molecule has 0 saturated carbocycles. The molecular formula is C24H30N2O5. The van der Waals surface area contributed by atoms with Gasteiger partial charge in [-0.25, -0.2) is 0 Å². The first-order chi connectivity index (χ1) is 14.7. The van der Waals surface area contributed by atoms with Crippen LogP contribution in [0.3, 0.4) is 0 Å². The van der Waals surface area contributed by atoms with Crippen LogP contribution in [0.1, 0.15) is 61.0 Å². The maximum Gasteiger partial charge on any atom is 0.325 e. The Kier molecular flexibility index (Phi) is 8.61. The number of rotatable bonds is 9. The summed E-state index contributed by atoms with van der Waals surface area (Å²) in [6, 6.07) is 12.4. The molecule has 0 aliphatic rings. The van der Waals surface area contributed by atoms with Crippen LogP contribution >= 0.6 is 0 Å². The predicted octanol–water partition coefficient (Wildman–Crippen LogP) is 3.85. The highest BCUT2D eigenvalue weighted by atomic mass is 16.5. The second-order valence-electron chi connectivity index (χ2n) is 7.74. The molecule has 0 radical (unpaired) electrons. The number of esters is 1. The van der Waals surface area contributed by atoms with Crippen molar-refractivity contribution in [3.8, 4) is 5.75 Å². The summed E-state index contributed by atoms with van der Waals surface area (Å²) in [6.07, 6.45) is 0. The quantitative estimate of drug-likeness (QED) is 0.594. The third-order valence-electron chi connectivity index (χ3n) is 4.75. The molecule has 0 aliphatic heterocycles. The van der Waals surface area contributed by atoms with E-state index in [1.807, 2.05) is 18.2 Å².